The Kier molecular flexibility index (Phi) is 5.98. The third-order valence-corrected chi connectivity index (χ3v) is 5.87. The van der Waals surface area contributed by atoms with Gasteiger partial charge in [-0.1, -0.05) is 12.1 Å². The van der Waals surface area contributed by atoms with Crippen molar-refractivity contribution in [3.05, 3.63) is 71.0 Å². The number of pyridine rings is 1. The molecule has 1 amide bonds. The molecule has 0 aliphatic heterocycles. The van der Waals surface area contributed by atoms with Gasteiger partial charge in [0.05, 0.1) is 17.2 Å². The first-order chi connectivity index (χ1) is 14.2. The first kappa shape index (κ1) is 19.3. The van der Waals surface area contributed by atoms with Crippen LogP contribution < -0.4 is 10.9 Å². The van der Waals surface area contributed by atoms with Gasteiger partial charge in [-0.3, -0.25) is 19.1 Å². The van der Waals surface area contributed by atoms with Crippen molar-refractivity contribution < 1.29 is 4.79 Å². The predicted molar refractivity (Wildman–Crippen MR) is 112 cm³/mol. The van der Waals surface area contributed by atoms with Crippen molar-refractivity contribution in [3.63, 3.8) is 0 Å². The fourth-order valence-electron chi connectivity index (χ4n) is 4.15. The van der Waals surface area contributed by atoms with Gasteiger partial charge in [0.25, 0.3) is 5.56 Å². The molecule has 1 fully saturated rings. The lowest BCUT2D eigenvalue weighted by Gasteiger charge is -2.28. The zero-order valence-corrected chi connectivity index (χ0v) is 16.5. The van der Waals surface area contributed by atoms with Crippen molar-refractivity contribution in [1.29, 1.82) is 0 Å². The van der Waals surface area contributed by atoms with Crippen LogP contribution in [-0.4, -0.2) is 27.0 Å². The number of rotatable bonds is 6. The number of hydrogen-bond donors (Lipinski definition) is 1. The van der Waals surface area contributed by atoms with Crippen LogP contribution in [0.25, 0.3) is 10.9 Å². The van der Waals surface area contributed by atoms with Gasteiger partial charge in [0.2, 0.25) is 5.91 Å². The molecule has 3 aromatic rings. The Bertz CT molecular complexity index is 1020. The minimum atomic E-state index is 0.0200. The highest BCUT2D eigenvalue weighted by molar-refractivity contribution is 5.78. The Morgan fingerprint density at radius 3 is 2.62 bits per heavy atom. The molecule has 1 aliphatic carbocycles. The molecule has 150 valence electrons. The molecule has 2 aromatic heterocycles. The lowest BCUT2D eigenvalue weighted by atomic mass is 9.81. The fourth-order valence-corrected chi connectivity index (χ4v) is 4.15. The Labute approximate surface area is 170 Å². The summed E-state index contributed by atoms with van der Waals surface area (Å²) in [6.07, 6.45) is 9.69. The molecular weight excluding hydrogens is 364 g/mol. The predicted octanol–water partition coefficient (Wildman–Crippen LogP) is 2.96. The van der Waals surface area contributed by atoms with Crippen LogP contribution in [0.4, 0.5) is 0 Å². The third-order valence-electron chi connectivity index (χ3n) is 5.87. The van der Waals surface area contributed by atoms with Crippen LogP contribution >= 0.6 is 0 Å². The molecule has 0 radical (unpaired) electrons. The van der Waals surface area contributed by atoms with Crippen molar-refractivity contribution in [2.45, 2.75) is 38.6 Å². The van der Waals surface area contributed by atoms with Crippen LogP contribution in [0.3, 0.4) is 0 Å². The van der Waals surface area contributed by atoms with Gasteiger partial charge in [0.15, 0.2) is 0 Å². The molecular formula is C23H26N4O2. The van der Waals surface area contributed by atoms with Gasteiger partial charge in [0, 0.05) is 31.4 Å². The standard InChI is InChI=1S/C23H26N4O2/c28-22(25-14-11-17-9-12-24-13-10-17)19-7-5-18(6-8-19)15-27-16-26-21-4-2-1-3-20(21)23(27)29/h1-4,9-10,12-13,16,18-19H,5-8,11,14-15H2,(H,25,28). The first-order valence-electron chi connectivity index (χ1n) is 10.3. The van der Waals surface area contributed by atoms with Gasteiger partial charge in [-0.05, 0) is 67.9 Å². The molecule has 1 N–H and O–H groups in total. The topological polar surface area (TPSA) is 76.9 Å². The normalized spacial score (nSPS) is 19.2. The van der Waals surface area contributed by atoms with Gasteiger partial charge in [-0.2, -0.15) is 0 Å². The number of aromatic nitrogens is 3. The Balaban J connectivity index is 1.27. The molecule has 0 atom stereocenters. The number of nitrogens with zero attached hydrogens (tertiary/aromatic N) is 3. The lowest BCUT2D eigenvalue weighted by Crippen LogP contribution is -2.35. The van der Waals surface area contributed by atoms with Crippen LogP contribution in [0.2, 0.25) is 0 Å². The van der Waals surface area contributed by atoms with Crippen molar-refractivity contribution >= 4 is 16.8 Å². The third kappa shape index (κ3) is 4.70. The van der Waals surface area contributed by atoms with Crippen LogP contribution in [0, 0.1) is 11.8 Å². The van der Waals surface area contributed by atoms with E-state index in [1.165, 1.54) is 5.56 Å². The van der Waals surface area contributed by atoms with E-state index < -0.39 is 0 Å². The highest BCUT2D eigenvalue weighted by Crippen LogP contribution is 2.29. The van der Waals surface area contributed by atoms with Crippen molar-refractivity contribution in [2.75, 3.05) is 6.54 Å². The van der Waals surface area contributed by atoms with E-state index in [1.54, 1.807) is 23.3 Å². The summed E-state index contributed by atoms with van der Waals surface area (Å²) in [5, 5.41) is 3.73. The molecule has 1 aromatic carbocycles. The van der Waals surface area contributed by atoms with E-state index in [-0.39, 0.29) is 17.4 Å². The van der Waals surface area contributed by atoms with E-state index in [9.17, 15) is 9.59 Å². The fraction of sp³-hybridized carbons (Fsp3) is 0.391. The van der Waals surface area contributed by atoms with Crippen LogP contribution in [-0.2, 0) is 17.8 Å². The first-order valence-corrected chi connectivity index (χ1v) is 10.3. The maximum Gasteiger partial charge on any atom is 0.261 e. The molecule has 6 nitrogen and oxygen atoms in total. The van der Waals surface area contributed by atoms with Crippen molar-refractivity contribution in [3.8, 4) is 0 Å². The van der Waals surface area contributed by atoms with E-state index in [0.717, 1.165) is 37.6 Å². The van der Waals surface area contributed by atoms with Crippen molar-refractivity contribution in [1.82, 2.24) is 19.9 Å². The Hall–Kier alpha value is -3.02. The van der Waals surface area contributed by atoms with Gasteiger partial charge in [0.1, 0.15) is 0 Å². The lowest BCUT2D eigenvalue weighted by molar-refractivity contribution is -0.126. The summed E-state index contributed by atoms with van der Waals surface area (Å²) in [6.45, 7) is 1.33. The zero-order valence-electron chi connectivity index (χ0n) is 16.5. The van der Waals surface area contributed by atoms with Crippen LogP contribution in [0.1, 0.15) is 31.2 Å². The number of fused-ring (bicyclic) bond motifs is 1. The summed E-state index contributed by atoms with van der Waals surface area (Å²) in [5.74, 6) is 0.647. The van der Waals surface area contributed by atoms with E-state index in [4.69, 9.17) is 0 Å². The minimum Gasteiger partial charge on any atom is -0.356 e. The van der Waals surface area contributed by atoms with Crippen LogP contribution in [0.15, 0.2) is 59.9 Å². The van der Waals surface area contributed by atoms with E-state index in [0.29, 0.717) is 24.4 Å². The minimum absolute atomic E-state index is 0.0200. The van der Waals surface area contributed by atoms with Crippen molar-refractivity contribution in [2.24, 2.45) is 11.8 Å². The number of amides is 1. The summed E-state index contributed by atoms with van der Waals surface area (Å²) in [5.41, 5.74) is 1.94. The van der Waals surface area contributed by atoms with E-state index in [2.05, 4.69) is 15.3 Å². The Morgan fingerprint density at radius 2 is 1.83 bits per heavy atom. The maximum absolute atomic E-state index is 12.7. The molecule has 4 rings (SSSR count). The SMILES string of the molecule is O=C(NCCc1ccncc1)C1CCC(Cn2cnc3ccccc3c2=O)CC1. The number of carbonyl (C=O) groups excluding carboxylic acids is 1. The molecule has 1 saturated carbocycles. The van der Waals surface area contributed by atoms with Gasteiger partial charge in [-0.15, -0.1) is 0 Å². The van der Waals surface area contributed by atoms with E-state index >= 15 is 0 Å². The monoisotopic (exact) mass is 390 g/mol. The highest BCUT2D eigenvalue weighted by atomic mass is 16.2. The molecule has 0 bridgehead atoms. The number of para-hydroxylation sites is 1. The number of nitrogens with one attached hydrogen (secondary N) is 1. The maximum atomic E-state index is 12.7. The number of hydrogen-bond acceptors (Lipinski definition) is 4. The zero-order chi connectivity index (χ0) is 20.1. The van der Waals surface area contributed by atoms with Gasteiger partial charge in [-0.25, -0.2) is 4.98 Å². The van der Waals surface area contributed by atoms with Gasteiger partial charge >= 0.3 is 0 Å². The molecule has 2 heterocycles. The van der Waals surface area contributed by atoms with Crippen LogP contribution in [0.5, 0.6) is 0 Å². The largest absolute Gasteiger partial charge is 0.356 e. The molecule has 0 spiro atoms. The van der Waals surface area contributed by atoms with Gasteiger partial charge < -0.3 is 5.32 Å². The summed E-state index contributed by atoms with van der Waals surface area (Å²) in [4.78, 5) is 33.5. The molecule has 6 heteroatoms. The second-order valence-electron chi connectivity index (χ2n) is 7.83. The Morgan fingerprint density at radius 1 is 1.07 bits per heavy atom. The molecule has 29 heavy (non-hydrogen) atoms. The summed E-state index contributed by atoms with van der Waals surface area (Å²) in [7, 11) is 0. The number of benzene rings is 1. The average Bonchev–Trinajstić information content (AvgIpc) is 2.77. The summed E-state index contributed by atoms with van der Waals surface area (Å²) >= 11 is 0. The number of carbonyl (C=O) groups is 1. The van der Waals surface area contributed by atoms with E-state index in [1.807, 2.05) is 36.4 Å². The smallest absolute Gasteiger partial charge is 0.261 e. The second kappa shape index (κ2) is 8.99. The summed E-state index contributed by atoms with van der Waals surface area (Å²) < 4.78 is 1.72. The second-order valence-corrected chi connectivity index (χ2v) is 7.83. The summed E-state index contributed by atoms with van der Waals surface area (Å²) in [6, 6.07) is 11.4. The molecule has 1 aliphatic rings. The molecule has 0 unspecified atom stereocenters. The quantitative estimate of drug-likeness (QED) is 0.702. The molecule has 0 saturated heterocycles. The highest BCUT2D eigenvalue weighted by Gasteiger charge is 2.26. The average molecular weight is 390 g/mol.